The maximum Gasteiger partial charge on any atom is 0.241 e. The number of hydrogen-bond donors (Lipinski definition) is 1. The molecule has 5 heteroatoms. The predicted molar refractivity (Wildman–Crippen MR) is 110 cm³/mol. The average Bonchev–Trinajstić information content (AvgIpc) is 3.10. The first-order valence-electron chi connectivity index (χ1n) is 9.04. The number of halogens is 1. The average molecular weight is 416 g/mol. The Hall–Kier alpha value is -1.85. The summed E-state index contributed by atoms with van der Waals surface area (Å²) >= 11 is 3.54. The minimum atomic E-state index is -0.251. The van der Waals surface area contributed by atoms with Crippen molar-refractivity contribution in [3.63, 3.8) is 0 Å². The van der Waals surface area contributed by atoms with Crippen LogP contribution < -0.4 is 10.2 Å². The van der Waals surface area contributed by atoms with Crippen LogP contribution in [0.5, 0.6) is 0 Å². The van der Waals surface area contributed by atoms with Gasteiger partial charge in [0, 0.05) is 29.8 Å². The number of carbonyl (C=O) groups is 1. The van der Waals surface area contributed by atoms with Crippen molar-refractivity contribution in [2.75, 3.05) is 38.6 Å². The zero-order chi connectivity index (χ0) is 18.5. The molecule has 0 bridgehead atoms. The minimum absolute atomic E-state index is 0.0714. The van der Waals surface area contributed by atoms with E-state index >= 15 is 0 Å². The fourth-order valence-electron chi connectivity index (χ4n) is 3.57. The number of hydrogen-bond acceptors (Lipinski definition) is 3. The summed E-state index contributed by atoms with van der Waals surface area (Å²) in [5.41, 5.74) is 2.26. The number of carbonyl (C=O) groups excluding carboxylic acids is 1. The van der Waals surface area contributed by atoms with Crippen LogP contribution in [0.3, 0.4) is 0 Å². The molecule has 4 nitrogen and oxygen atoms in total. The summed E-state index contributed by atoms with van der Waals surface area (Å²) in [4.78, 5) is 17.1. The first-order valence-corrected chi connectivity index (χ1v) is 9.83. The summed E-state index contributed by atoms with van der Waals surface area (Å²) in [5, 5.41) is 3.17. The van der Waals surface area contributed by atoms with Gasteiger partial charge in [0.25, 0.3) is 0 Å². The highest BCUT2D eigenvalue weighted by Crippen LogP contribution is 2.26. The Kier molecular flexibility index (Phi) is 6.33. The van der Waals surface area contributed by atoms with Gasteiger partial charge in [-0.1, -0.05) is 52.3 Å². The van der Waals surface area contributed by atoms with Crippen LogP contribution in [0, 0.1) is 5.92 Å². The van der Waals surface area contributed by atoms with Crippen molar-refractivity contribution in [1.82, 2.24) is 10.2 Å². The van der Waals surface area contributed by atoms with Gasteiger partial charge in [0.15, 0.2) is 0 Å². The van der Waals surface area contributed by atoms with Crippen LogP contribution in [0.15, 0.2) is 59.1 Å². The van der Waals surface area contributed by atoms with Gasteiger partial charge >= 0.3 is 0 Å². The number of anilines is 1. The Morgan fingerprint density at radius 3 is 2.69 bits per heavy atom. The van der Waals surface area contributed by atoms with E-state index in [9.17, 15) is 4.79 Å². The van der Waals surface area contributed by atoms with Gasteiger partial charge in [0.05, 0.1) is 0 Å². The van der Waals surface area contributed by atoms with Gasteiger partial charge in [0.1, 0.15) is 6.04 Å². The van der Waals surface area contributed by atoms with Crippen LogP contribution >= 0.6 is 15.9 Å². The Bertz CT molecular complexity index is 735. The van der Waals surface area contributed by atoms with Gasteiger partial charge in [0.2, 0.25) is 5.91 Å². The molecule has 1 aliphatic heterocycles. The molecule has 0 aromatic heterocycles. The fraction of sp³-hybridized carbons (Fsp3) is 0.381. The fourth-order valence-corrected chi connectivity index (χ4v) is 3.95. The molecule has 1 heterocycles. The van der Waals surface area contributed by atoms with Crippen molar-refractivity contribution >= 4 is 27.5 Å². The molecule has 1 aliphatic rings. The summed E-state index contributed by atoms with van der Waals surface area (Å²) in [6, 6.07) is 18.1. The lowest BCUT2D eigenvalue weighted by Crippen LogP contribution is -2.39. The molecule has 0 spiro atoms. The second kappa shape index (κ2) is 8.69. The van der Waals surface area contributed by atoms with E-state index in [1.54, 1.807) is 0 Å². The Morgan fingerprint density at radius 2 is 2.00 bits per heavy atom. The molecule has 0 radical (unpaired) electrons. The summed E-state index contributed by atoms with van der Waals surface area (Å²) < 4.78 is 1.10. The van der Waals surface area contributed by atoms with Crippen molar-refractivity contribution in [2.24, 2.45) is 5.92 Å². The van der Waals surface area contributed by atoms with E-state index in [2.05, 4.69) is 44.3 Å². The summed E-state index contributed by atoms with van der Waals surface area (Å²) in [6.45, 7) is 2.74. The van der Waals surface area contributed by atoms with Gasteiger partial charge in [-0.3, -0.25) is 9.69 Å². The monoisotopic (exact) mass is 415 g/mol. The molecule has 1 N–H and O–H groups in total. The standard InChI is InChI=1S/C21H26BrN3O/c1-24(2)20(17-7-4-3-5-8-17)21(26)23-14-16-11-12-25(15-16)19-10-6-9-18(22)13-19/h3-10,13,16,20H,11-12,14-15H2,1-2H3,(H,23,26)/t16-,20-/m1/s1. The first-order chi connectivity index (χ1) is 12.5. The molecule has 2 aromatic rings. The molecule has 3 rings (SSSR count). The van der Waals surface area contributed by atoms with Crippen molar-refractivity contribution in [2.45, 2.75) is 12.5 Å². The maximum absolute atomic E-state index is 12.8. The molecule has 2 atom stereocenters. The molecule has 2 aromatic carbocycles. The lowest BCUT2D eigenvalue weighted by atomic mass is 10.0. The van der Waals surface area contributed by atoms with Crippen LogP contribution in [0.4, 0.5) is 5.69 Å². The number of benzene rings is 2. The van der Waals surface area contributed by atoms with E-state index in [0.717, 1.165) is 36.1 Å². The first kappa shape index (κ1) is 18.9. The smallest absolute Gasteiger partial charge is 0.241 e. The summed E-state index contributed by atoms with van der Waals surface area (Å²) in [6.07, 6.45) is 1.10. The third-order valence-corrected chi connectivity index (χ3v) is 5.40. The minimum Gasteiger partial charge on any atom is -0.371 e. The van der Waals surface area contributed by atoms with Crippen LogP contribution in [-0.2, 0) is 4.79 Å². The molecule has 1 saturated heterocycles. The Labute approximate surface area is 164 Å². The normalized spacial score (nSPS) is 18.2. The molecule has 0 saturated carbocycles. The van der Waals surface area contributed by atoms with Crippen LogP contribution in [0.25, 0.3) is 0 Å². The summed E-state index contributed by atoms with van der Waals surface area (Å²) in [5.74, 6) is 0.554. The van der Waals surface area contributed by atoms with E-state index in [1.165, 1.54) is 5.69 Å². The molecular weight excluding hydrogens is 390 g/mol. The SMILES string of the molecule is CN(C)[C@@H](C(=O)NC[C@H]1CCN(c2cccc(Br)c2)C1)c1ccccc1. The molecule has 0 aliphatic carbocycles. The third kappa shape index (κ3) is 4.65. The van der Waals surface area contributed by atoms with Gasteiger partial charge in [-0.25, -0.2) is 0 Å². The second-order valence-electron chi connectivity index (χ2n) is 7.10. The third-order valence-electron chi connectivity index (χ3n) is 4.90. The highest BCUT2D eigenvalue weighted by Gasteiger charge is 2.26. The molecule has 26 heavy (non-hydrogen) atoms. The molecular formula is C21H26BrN3O. The van der Waals surface area contributed by atoms with Crippen LogP contribution in [0.1, 0.15) is 18.0 Å². The van der Waals surface area contributed by atoms with Gasteiger partial charge in [-0.2, -0.15) is 0 Å². The van der Waals surface area contributed by atoms with E-state index < -0.39 is 0 Å². The van der Waals surface area contributed by atoms with E-state index in [1.807, 2.05) is 55.4 Å². The van der Waals surface area contributed by atoms with Crippen molar-refractivity contribution in [3.8, 4) is 0 Å². The zero-order valence-electron chi connectivity index (χ0n) is 15.4. The number of likely N-dealkylation sites (N-methyl/N-ethyl adjacent to an activating group) is 1. The molecule has 0 unspecified atom stereocenters. The van der Waals surface area contributed by atoms with Gasteiger partial charge in [-0.05, 0) is 50.2 Å². The van der Waals surface area contributed by atoms with Crippen LogP contribution in [0.2, 0.25) is 0 Å². The van der Waals surface area contributed by atoms with Crippen LogP contribution in [-0.4, -0.2) is 44.5 Å². The second-order valence-corrected chi connectivity index (χ2v) is 8.02. The number of rotatable bonds is 6. The zero-order valence-corrected chi connectivity index (χ0v) is 16.9. The highest BCUT2D eigenvalue weighted by atomic mass is 79.9. The number of nitrogens with zero attached hydrogens (tertiary/aromatic N) is 2. The van der Waals surface area contributed by atoms with Crippen molar-refractivity contribution in [1.29, 1.82) is 0 Å². The number of amides is 1. The molecule has 138 valence electrons. The van der Waals surface area contributed by atoms with Gasteiger partial charge in [-0.15, -0.1) is 0 Å². The number of nitrogens with one attached hydrogen (secondary N) is 1. The Morgan fingerprint density at radius 1 is 1.23 bits per heavy atom. The van der Waals surface area contributed by atoms with Crippen molar-refractivity contribution in [3.05, 3.63) is 64.6 Å². The van der Waals surface area contributed by atoms with E-state index in [-0.39, 0.29) is 11.9 Å². The van der Waals surface area contributed by atoms with E-state index in [0.29, 0.717) is 5.92 Å². The van der Waals surface area contributed by atoms with Crippen molar-refractivity contribution < 1.29 is 4.79 Å². The maximum atomic E-state index is 12.8. The molecule has 1 amide bonds. The van der Waals surface area contributed by atoms with Gasteiger partial charge < -0.3 is 10.2 Å². The van der Waals surface area contributed by atoms with E-state index in [4.69, 9.17) is 0 Å². The lowest BCUT2D eigenvalue weighted by molar-refractivity contribution is -0.125. The quantitative estimate of drug-likeness (QED) is 0.780. The molecule has 1 fully saturated rings. The Balaban J connectivity index is 1.56. The lowest BCUT2D eigenvalue weighted by Gasteiger charge is -2.25. The largest absolute Gasteiger partial charge is 0.371 e. The predicted octanol–water partition coefficient (Wildman–Crippen LogP) is 3.69. The topological polar surface area (TPSA) is 35.6 Å². The highest BCUT2D eigenvalue weighted by molar-refractivity contribution is 9.10. The summed E-state index contributed by atoms with van der Waals surface area (Å²) in [7, 11) is 3.89.